The number of fused-ring (bicyclic) bond motifs is 6. The maximum atomic E-state index is 6.75. The van der Waals surface area contributed by atoms with Crippen LogP contribution >= 0.6 is 0 Å². The predicted molar refractivity (Wildman–Crippen MR) is 186 cm³/mol. The molecule has 212 valence electrons. The zero-order valence-electron chi connectivity index (χ0n) is 24.6. The Bertz CT molecular complexity index is 2240. The molecular formula is C43H29NO. The Labute approximate surface area is 262 Å². The van der Waals surface area contributed by atoms with Crippen molar-refractivity contribution in [2.75, 3.05) is 4.90 Å². The second kappa shape index (κ2) is 10.1. The molecule has 0 fully saturated rings. The molecule has 0 bridgehead atoms. The highest BCUT2D eigenvalue weighted by Gasteiger charge is 2.46. The van der Waals surface area contributed by atoms with Crippen LogP contribution in [0.2, 0.25) is 0 Å². The lowest BCUT2D eigenvalue weighted by atomic mass is 9.67. The van der Waals surface area contributed by atoms with Crippen molar-refractivity contribution in [1.82, 2.24) is 0 Å². The summed E-state index contributed by atoms with van der Waals surface area (Å²) in [7, 11) is 0. The van der Waals surface area contributed by atoms with Crippen LogP contribution in [-0.4, -0.2) is 0 Å². The van der Waals surface area contributed by atoms with E-state index in [0.29, 0.717) is 0 Å². The largest absolute Gasteiger partial charge is 0.456 e. The Kier molecular flexibility index (Phi) is 5.76. The first-order valence-corrected chi connectivity index (χ1v) is 15.4. The third kappa shape index (κ3) is 3.82. The molecule has 0 spiro atoms. The number of hydrogen-bond donors (Lipinski definition) is 0. The summed E-state index contributed by atoms with van der Waals surface area (Å²) < 4.78 is 6.75. The number of anilines is 3. The molecule has 2 nitrogen and oxygen atoms in total. The van der Waals surface area contributed by atoms with Crippen LogP contribution in [0.25, 0.3) is 33.1 Å². The number of rotatable bonds is 5. The normalized spacial score (nSPS) is 13.1. The number of hydrogen-bond acceptors (Lipinski definition) is 2. The van der Waals surface area contributed by atoms with Crippen LogP contribution in [-0.2, 0) is 5.41 Å². The van der Waals surface area contributed by atoms with E-state index < -0.39 is 5.41 Å². The van der Waals surface area contributed by atoms with Gasteiger partial charge in [0.25, 0.3) is 0 Å². The van der Waals surface area contributed by atoms with Crippen molar-refractivity contribution >= 4 is 39.0 Å². The first kappa shape index (κ1) is 25.6. The highest BCUT2D eigenvalue weighted by Crippen LogP contribution is 2.56. The molecule has 0 saturated carbocycles. The van der Waals surface area contributed by atoms with E-state index in [0.717, 1.165) is 39.0 Å². The second-order valence-corrected chi connectivity index (χ2v) is 11.7. The fourth-order valence-corrected chi connectivity index (χ4v) is 7.45. The molecule has 0 amide bonds. The molecule has 7 aromatic carbocycles. The topological polar surface area (TPSA) is 16.4 Å². The first-order valence-electron chi connectivity index (χ1n) is 15.4. The van der Waals surface area contributed by atoms with E-state index >= 15 is 0 Å². The second-order valence-electron chi connectivity index (χ2n) is 11.7. The van der Waals surface area contributed by atoms with Gasteiger partial charge in [0.05, 0.1) is 5.41 Å². The maximum absolute atomic E-state index is 6.75. The molecular weight excluding hydrogens is 546 g/mol. The monoisotopic (exact) mass is 575 g/mol. The zero-order chi connectivity index (χ0) is 29.8. The molecule has 1 aliphatic carbocycles. The molecule has 1 aromatic heterocycles. The third-order valence-electron chi connectivity index (χ3n) is 9.34. The van der Waals surface area contributed by atoms with Crippen LogP contribution in [0, 0.1) is 0 Å². The van der Waals surface area contributed by atoms with Gasteiger partial charge in [-0.15, -0.1) is 0 Å². The molecule has 2 heteroatoms. The Hall–Kier alpha value is -5.86. The summed E-state index contributed by atoms with van der Waals surface area (Å²) in [6, 6.07) is 63.0. The van der Waals surface area contributed by atoms with Gasteiger partial charge in [0.2, 0.25) is 0 Å². The van der Waals surface area contributed by atoms with E-state index in [1.807, 2.05) is 0 Å². The van der Waals surface area contributed by atoms with Crippen molar-refractivity contribution in [3.8, 4) is 11.1 Å². The van der Waals surface area contributed by atoms with Gasteiger partial charge in [0.15, 0.2) is 0 Å². The Morgan fingerprint density at radius 1 is 0.378 bits per heavy atom. The van der Waals surface area contributed by atoms with E-state index in [1.54, 1.807) is 0 Å². The highest BCUT2D eigenvalue weighted by atomic mass is 16.3. The minimum absolute atomic E-state index is 0.454. The molecule has 0 aliphatic heterocycles. The van der Waals surface area contributed by atoms with Gasteiger partial charge in [0.1, 0.15) is 11.2 Å². The van der Waals surface area contributed by atoms with E-state index in [-0.39, 0.29) is 0 Å². The standard InChI is InChI=1S/C43H29NO/c1-4-14-30(15-5-1)43(39-22-12-10-20-35(39)36-21-11-13-23-40(36)43)31-24-26-37-38-27-25-34(29-42(38)45-41(37)28-31)44(32-16-6-2-7-17-32)33-18-8-3-9-19-33/h1-29H. The summed E-state index contributed by atoms with van der Waals surface area (Å²) in [6.07, 6.45) is 0. The van der Waals surface area contributed by atoms with Gasteiger partial charge in [0, 0.05) is 33.9 Å². The van der Waals surface area contributed by atoms with Crippen LogP contribution in [0.15, 0.2) is 180 Å². The molecule has 0 saturated heterocycles. The Morgan fingerprint density at radius 2 is 0.867 bits per heavy atom. The van der Waals surface area contributed by atoms with Crippen molar-refractivity contribution < 1.29 is 4.42 Å². The van der Waals surface area contributed by atoms with Gasteiger partial charge in [-0.2, -0.15) is 0 Å². The van der Waals surface area contributed by atoms with Gasteiger partial charge >= 0.3 is 0 Å². The third-order valence-corrected chi connectivity index (χ3v) is 9.34. The molecule has 45 heavy (non-hydrogen) atoms. The van der Waals surface area contributed by atoms with Gasteiger partial charge in [-0.25, -0.2) is 0 Å². The number of para-hydroxylation sites is 2. The van der Waals surface area contributed by atoms with E-state index in [1.165, 1.54) is 33.4 Å². The number of nitrogens with zero attached hydrogens (tertiary/aromatic N) is 1. The lowest BCUT2D eigenvalue weighted by molar-refractivity contribution is 0.665. The summed E-state index contributed by atoms with van der Waals surface area (Å²) in [5.41, 5.74) is 12.2. The van der Waals surface area contributed by atoms with E-state index in [2.05, 4.69) is 181 Å². The van der Waals surface area contributed by atoms with E-state index in [9.17, 15) is 0 Å². The minimum atomic E-state index is -0.454. The lowest BCUT2D eigenvalue weighted by Gasteiger charge is -2.33. The van der Waals surface area contributed by atoms with Crippen molar-refractivity contribution in [3.05, 3.63) is 198 Å². The molecule has 9 rings (SSSR count). The average Bonchev–Trinajstić information content (AvgIpc) is 3.63. The molecule has 0 radical (unpaired) electrons. The van der Waals surface area contributed by atoms with Gasteiger partial charge in [-0.3, -0.25) is 0 Å². The molecule has 8 aromatic rings. The fourth-order valence-electron chi connectivity index (χ4n) is 7.45. The fraction of sp³-hybridized carbons (Fsp3) is 0.0233. The first-order chi connectivity index (χ1) is 22.3. The van der Waals surface area contributed by atoms with Crippen LogP contribution in [0.4, 0.5) is 17.1 Å². The zero-order valence-corrected chi connectivity index (χ0v) is 24.6. The number of benzene rings is 7. The van der Waals surface area contributed by atoms with Crippen molar-refractivity contribution in [2.24, 2.45) is 0 Å². The molecule has 1 heterocycles. The molecule has 0 atom stereocenters. The van der Waals surface area contributed by atoms with Gasteiger partial charge < -0.3 is 9.32 Å². The van der Waals surface area contributed by atoms with Crippen LogP contribution in [0.3, 0.4) is 0 Å². The van der Waals surface area contributed by atoms with Gasteiger partial charge in [-0.1, -0.05) is 127 Å². The lowest BCUT2D eigenvalue weighted by Crippen LogP contribution is -2.28. The summed E-state index contributed by atoms with van der Waals surface area (Å²) >= 11 is 0. The van der Waals surface area contributed by atoms with Gasteiger partial charge in [-0.05, 0) is 75.8 Å². The minimum Gasteiger partial charge on any atom is -0.456 e. The quantitative estimate of drug-likeness (QED) is 0.203. The van der Waals surface area contributed by atoms with Crippen molar-refractivity contribution in [1.29, 1.82) is 0 Å². The maximum Gasteiger partial charge on any atom is 0.137 e. The van der Waals surface area contributed by atoms with Crippen LogP contribution < -0.4 is 4.90 Å². The van der Waals surface area contributed by atoms with Crippen LogP contribution in [0.1, 0.15) is 22.3 Å². The summed E-state index contributed by atoms with van der Waals surface area (Å²) in [5, 5.41) is 2.23. The van der Waals surface area contributed by atoms with Crippen LogP contribution in [0.5, 0.6) is 0 Å². The Balaban J connectivity index is 1.26. The molecule has 1 aliphatic rings. The summed E-state index contributed by atoms with van der Waals surface area (Å²) in [4.78, 5) is 2.27. The summed E-state index contributed by atoms with van der Waals surface area (Å²) in [6.45, 7) is 0. The Morgan fingerprint density at radius 3 is 1.47 bits per heavy atom. The number of furan rings is 1. The average molecular weight is 576 g/mol. The SMILES string of the molecule is c1ccc(N(c2ccccc2)c2ccc3c(c2)oc2cc(C4(c5ccccc5)c5ccccc5-c5ccccc54)ccc23)cc1. The summed E-state index contributed by atoms with van der Waals surface area (Å²) in [5.74, 6) is 0. The van der Waals surface area contributed by atoms with Crippen molar-refractivity contribution in [3.63, 3.8) is 0 Å². The molecule has 0 N–H and O–H groups in total. The van der Waals surface area contributed by atoms with E-state index in [4.69, 9.17) is 4.42 Å². The molecule has 0 unspecified atom stereocenters. The smallest absolute Gasteiger partial charge is 0.137 e. The van der Waals surface area contributed by atoms with Crippen molar-refractivity contribution in [2.45, 2.75) is 5.41 Å². The predicted octanol–water partition coefficient (Wildman–Crippen LogP) is 11.4. The highest BCUT2D eigenvalue weighted by molar-refractivity contribution is 6.06.